The Bertz CT molecular complexity index is 856. The van der Waals surface area contributed by atoms with Crippen molar-refractivity contribution in [3.8, 4) is 17.2 Å². The summed E-state index contributed by atoms with van der Waals surface area (Å²) in [6.45, 7) is 8.47. The molecule has 27 heavy (non-hydrogen) atoms. The zero-order valence-electron chi connectivity index (χ0n) is 16.9. The monoisotopic (exact) mass is 369 g/mol. The quantitative estimate of drug-likeness (QED) is 0.548. The van der Waals surface area contributed by atoms with Gasteiger partial charge >= 0.3 is 5.97 Å². The van der Waals surface area contributed by atoms with Gasteiger partial charge in [0, 0.05) is 0 Å². The van der Waals surface area contributed by atoms with E-state index in [0.717, 1.165) is 33.6 Å². The molecule has 0 heterocycles. The number of esters is 1. The average molecular weight is 369 g/mol. The van der Waals surface area contributed by atoms with Crippen LogP contribution in [-0.2, 0) is 4.79 Å². The van der Waals surface area contributed by atoms with Crippen LogP contribution in [-0.4, -0.2) is 45.7 Å². The summed E-state index contributed by atoms with van der Waals surface area (Å²) in [6.07, 6.45) is 0. The van der Waals surface area contributed by atoms with Crippen LogP contribution in [0.4, 0.5) is 0 Å². The van der Waals surface area contributed by atoms with E-state index in [0.29, 0.717) is 11.5 Å². The van der Waals surface area contributed by atoms with Crippen LogP contribution in [0.25, 0.3) is 5.57 Å². The third-order valence-electron chi connectivity index (χ3n) is 4.37. The Labute approximate surface area is 161 Å². The summed E-state index contributed by atoms with van der Waals surface area (Å²) in [4.78, 5) is 13.8. The summed E-state index contributed by atoms with van der Waals surface area (Å²) in [5, 5.41) is 0. The molecular formula is C22H27NO4. The van der Waals surface area contributed by atoms with Gasteiger partial charge in [-0.3, -0.25) is 9.69 Å². The van der Waals surface area contributed by atoms with Crippen molar-refractivity contribution < 1.29 is 19.0 Å². The SMILES string of the molecule is C=C(c1ccc(OC)c(OC(=O)CN(C)C)c1)c1cc(C)c(C)c(OC)c1. The van der Waals surface area contributed by atoms with Crippen molar-refractivity contribution in [3.05, 3.63) is 59.2 Å². The Balaban J connectivity index is 2.38. The van der Waals surface area contributed by atoms with E-state index in [4.69, 9.17) is 14.2 Å². The lowest BCUT2D eigenvalue weighted by atomic mass is 9.95. The molecule has 5 heteroatoms. The van der Waals surface area contributed by atoms with E-state index < -0.39 is 0 Å². The fourth-order valence-electron chi connectivity index (χ4n) is 2.74. The molecule has 0 saturated heterocycles. The van der Waals surface area contributed by atoms with Gasteiger partial charge in [-0.05, 0) is 74.0 Å². The number of aryl methyl sites for hydroxylation is 1. The van der Waals surface area contributed by atoms with Crippen LogP contribution in [0.1, 0.15) is 22.3 Å². The molecule has 0 aliphatic carbocycles. The third kappa shape index (κ3) is 4.89. The largest absolute Gasteiger partial charge is 0.496 e. The van der Waals surface area contributed by atoms with E-state index in [9.17, 15) is 4.79 Å². The van der Waals surface area contributed by atoms with E-state index >= 15 is 0 Å². The summed E-state index contributed by atoms with van der Waals surface area (Å²) >= 11 is 0. The molecule has 2 aromatic rings. The molecule has 0 saturated carbocycles. The van der Waals surface area contributed by atoms with E-state index in [-0.39, 0.29) is 12.5 Å². The van der Waals surface area contributed by atoms with Crippen molar-refractivity contribution in [3.63, 3.8) is 0 Å². The molecule has 0 atom stereocenters. The van der Waals surface area contributed by atoms with Crippen LogP contribution in [0.2, 0.25) is 0 Å². The second-order valence-corrected chi connectivity index (χ2v) is 6.68. The normalized spacial score (nSPS) is 10.6. The number of hydrogen-bond donors (Lipinski definition) is 0. The van der Waals surface area contributed by atoms with Gasteiger partial charge in [0.05, 0.1) is 20.8 Å². The van der Waals surface area contributed by atoms with Crippen molar-refractivity contribution in [2.75, 3.05) is 34.9 Å². The molecule has 0 fully saturated rings. The fraction of sp³-hybridized carbons (Fsp3) is 0.318. The number of methoxy groups -OCH3 is 2. The number of ether oxygens (including phenoxy) is 3. The minimum absolute atomic E-state index is 0.183. The fourth-order valence-corrected chi connectivity index (χ4v) is 2.74. The van der Waals surface area contributed by atoms with Crippen LogP contribution >= 0.6 is 0 Å². The highest BCUT2D eigenvalue weighted by atomic mass is 16.6. The molecular weight excluding hydrogens is 342 g/mol. The Kier molecular flexibility index (Phi) is 6.64. The van der Waals surface area contributed by atoms with E-state index in [1.165, 1.54) is 0 Å². The van der Waals surface area contributed by atoms with Gasteiger partial charge in [-0.15, -0.1) is 0 Å². The molecule has 0 unspecified atom stereocenters. The number of carbonyl (C=O) groups is 1. The van der Waals surface area contributed by atoms with Gasteiger partial charge in [-0.1, -0.05) is 18.7 Å². The maximum absolute atomic E-state index is 12.0. The first-order valence-electron chi connectivity index (χ1n) is 8.65. The van der Waals surface area contributed by atoms with Crippen LogP contribution in [0, 0.1) is 13.8 Å². The number of nitrogens with zero attached hydrogens (tertiary/aromatic N) is 1. The van der Waals surface area contributed by atoms with E-state index in [1.807, 2.05) is 40.1 Å². The second-order valence-electron chi connectivity index (χ2n) is 6.68. The van der Waals surface area contributed by atoms with Crippen molar-refractivity contribution in [2.45, 2.75) is 13.8 Å². The maximum atomic E-state index is 12.0. The summed E-state index contributed by atoms with van der Waals surface area (Å²) in [6, 6.07) is 9.48. The minimum atomic E-state index is -0.353. The number of likely N-dealkylation sites (N-methyl/N-ethyl adjacent to an activating group) is 1. The molecule has 0 spiro atoms. The lowest BCUT2D eigenvalue weighted by Crippen LogP contribution is -2.25. The number of rotatable bonds is 7. The van der Waals surface area contributed by atoms with Gasteiger partial charge in [0.15, 0.2) is 11.5 Å². The number of carbonyl (C=O) groups excluding carboxylic acids is 1. The predicted octanol–water partition coefficient (Wildman–Crippen LogP) is 3.85. The van der Waals surface area contributed by atoms with Gasteiger partial charge in [0.25, 0.3) is 0 Å². The molecule has 0 aliphatic heterocycles. The summed E-state index contributed by atoms with van der Waals surface area (Å²) in [5.41, 5.74) is 4.82. The van der Waals surface area contributed by atoms with Gasteiger partial charge < -0.3 is 14.2 Å². The van der Waals surface area contributed by atoms with Crippen molar-refractivity contribution >= 4 is 11.5 Å². The van der Waals surface area contributed by atoms with Gasteiger partial charge in [0.1, 0.15) is 5.75 Å². The Morgan fingerprint density at radius 3 is 2.19 bits per heavy atom. The van der Waals surface area contributed by atoms with Crippen LogP contribution in [0.5, 0.6) is 17.2 Å². The molecule has 0 aliphatic rings. The Hall–Kier alpha value is -2.79. The van der Waals surface area contributed by atoms with Gasteiger partial charge in [0.2, 0.25) is 0 Å². The first-order chi connectivity index (χ1) is 12.8. The standard InChI is InChI=1S/C22H27NO4/c1-14-10-18(12-20(26-7)15(14)2)16(3)17-8-9-19(25-6)21(11-17)27-22(24)13-23(4)5/h8-12H,3,13H2,1-2,4-7H3. The van der Waals surface area contributed by atoms with Gasteiger partial charge in [-0.2, -0.15) is 0 Å². The molecule has 2 rings (SSSR count). The van der Waals surface area contributed by atoms with Crippen LogP contribution < -0.4 is 14.2 Å². The highest BCUT2D eigenvalue weighted by molar-refractivity contribution is 5.81. The molecule has 0 N–H and O–H groups in total. The second kappa shape index (κ2) is 8.73. The molecule has 144 valence electrons. The lowest BCUT2D eigenvalue weighted by Gasteiger charge is -2.16. The molecule has 0 bridgehead atoms. The summed E-state index contributed by atoms with van der Waals surface area (Å²) < 4.78 is 16.3. The van der Waals surface area contributed by atoms with Crippen molar-refractivity contribution in [2.24, 2.45) is 0 Å². The first-order valence-corrected chi connectivity index (χ1v) is 8.65. The molecule has 0 radical (unpaired) electrons. The van der Waals surface area contributed by atoms with E-state index in [1.54, 1.807) is 31.3 Å². The maximum Gasteiger partial charge on any atom is 0.325 e. The highest BCUT2D eigenvalue weighted by Crippen LogP contribution is 2.34. The zero-order chi connectivity index (χ0) is 20.1. The average Bonchev–Trinajstić information content (AvgIpc) is 2.62. The van der Waals surface area contributed by atoms with Crippen molar-refractivity contribution in [1.82, 2.24) is 4.90 Å². The smallest absolute Gasteiger partial charge is 0.325 e. The van der Waals surface area contributed by atoms with Crippen LogP contribution in [0.15, 0.2) is 36.9 Å². The van der Waals surface area contributed by atoms with E-state index in [2.05, 4.69) is 12.6 Å². The Morgan fingerprint density at radius 2 is 1.59 bits per heavy atom. The molecule has 0 aromatic heterocycles. The zero-order valence-corrected chi connectivity index (χ0v) is 16.9. The Morgan fingerprint density at radius 1 is 0.963 bits per heavy atom. The lowest BCUT2D eigenvalue weighted by molar-refractivity contribution is -0.135. The third-order valence-corrected chi connectivity index (χ3v) is 4.37. The van der Waals surface area contributed by atoms with Crippen LogP contribution in [0.3, 0.4) is 0 Å². The summed E-state index contributed by atoms with van der Waals surface area (Å²) in [7, 11) is 6.82. The number of benzene rings is 2. The topological polar surface area (TPSA) is 48.0 Å². The number of hydrogen-bond acceptors (Lipinski definition) is 5. The van der Waals surface area contributed by atoms with Crippen molar-refractivity contribution in [1.29, 1.82) is 0 Å². The molecule has 0 amide bonds. The highest BCUT2D eigenvalue weighted by Gasteiger charge is 2.15. The molecule has 5 nitrogen and oxygen atoms in total. The first kappa shape index (κ1) is 20.5. The predicted molar refractivity (Wildman–Crippen MR) is 108 cm³/mol. The summed E-state index contributed by atoms with van der Waals surface area (Å²) in [5.74, 6) is 1.33. The van der Waals surface area contributed by atoms with Gasteiger partial charge in [-0.25, -0.2) is 0 Å². The minimum Gasteiger partial charge on any atom is -0.496 e. The molecule has 2 aromatic carbocycles.